The zero-order valence-electron chi connectivity index (χ0n) is 14.7. The number of rotatable bonds is 4. The fourth-order valence-electron chi connectivity index (χ4n) is 2.47. The minimum absolute atomic E-state index is 0.00260. The molecule has 0 aliphatic heterocycles. The Labute approximate surface area is 180 Å². The molecular formula is C20H11F6IO3. The Kier molecular flexibility index (Phi) is 6.06. The first-order valence-electron chi connectivity index (χ1n) is 8.16. The maximum Gasteiger partial charge on any atom is 0.420 e. The monoisotopic (exact) mass is 540 g/mol. The van der Waals surface area contributed by atoms with Gasteiger partial charge in [-0.05, 0) is 83.3 Å². The van der Waals surface area contributed by atoms with Crippen LogP contribution >= 0.6 is 22.6 Å². The van der Waals surface area contributed by atoms with Crippen molar-refractivity contribution < 1.29 is 40.9 Å². The molecule has 3 nitrogen and oxygen atoms in total. The minimum Gasteiger partial charge on any atom is -0.508 e. The van der Waals surface area contributed by atoms with Crippen molar-refractivity contribution >= 4 is 22.6 Å². The first-order chi connectivity index (χ1) is 13.9. The van der Waals surface area contributed by atoms with Crippen molar-refractivity contribution in [1.82, 2.24) is 0 Å². The number of phenolic OH excluding ortho intramolecular Hbond substituents is 1. The van der Waals surface area contributed by atoms with Crippen LogP contribution in [0, 0.1) is 3.57 Å². The maximum atomic E-state index is 13.2. The molecule has 0 amide bonds. The Morgan fingerprint density at radius 3 is 1.53 bits per heavy atom. The highest BCUT2D eigenvalue weighted by Crippen LogP contribution is 2.41. The molecule has 1 N–H and O–H groups in total. The highest BCUT2D eigenvalue weighted by atomic mass is 127. The van der Waals surface area contributed by atoms with Crippen LogP contribution in [0.1, 0.15) is 11.1 Å². The van der Waals surface area contributed by atoms with E-state index in [9.17, 15) is 31.4 Å². The molecule has 0 atom stereocenters. The first kappa shape index (κ1) is 22.1. The molecule has 0 bridgehead atoms. The van der Waals surface area contributed by atoms with Gasteiger partial charge in [-0.2, -0.15) is 26.3 Å². The van der Waals surface area contributed by atoms with E-state index in [2.05, 4.69) is 0 Å². The molecule has 0 spiro atoms. The van der Waals surface area contributed by atoms with Crippen LogP contribution < -0.4 is 9.47 Å². The van der Waals surface area contributed by atoms with Crippen LogP contribution in [0.15, 0.2) is 60.7 Å². The van der Waals surface area contributed by atoms with Gasteiger partial charge in [0, 0.05) is 3.57 Å². The Balaban J connectivity index is 1.83. The van der Waals surface area contributed by atoms with E-state index in [4.69, 9.17) is 9.47 Å². The summed E-state index contributed by atoms with van der Waals surface area (Å²) in [5.41, 5.74) is -2.12. The van der Waals surface area contributed by atoms with E-state index in [0.717, 1.165) is 18.2 Å². The topological polar surface area (TPSA) is 38.7 Å². The molecule has 3 aromatic rings. The van der Waals surface area contributed by atoms with Crippen LogP contribution in [-0.4, -0.2) is 5.11 Å². The summed E-state index contributed by atoms with van der Waals surface area (Å²) in [5, 5.41) is 9.29. The summed E-state index contributed by atoms with van der Waals surface area (Å²) in [6.07, 6.45) is -9.37. The van der Waals surface area contributed by atoms with E-state index in [1.54, 1.807) is 22.6 Å². The second kappa shape index (κ2) is 8.25. The number of ether oxygens (including phenoxy) is 2. The van der Waals surface area contributed by atoms with Crippen molar-refractivity contribution in [2.45, 2.75) is 12.4 Å². The average Bonchev–Trinajstić information content (AvgIpc) is 2.64. The van der Waals surface area contributed by atoms with Crippen LogP contribution in [0.25, 0.3) is 0 Å². The Morgan fingerprint density at radius 2 is 1.07 bits per heavy atom. The van der Waals surface area contributed by atoms with Gasteiger partial charge in [-0.1, -0.05) is 0 Å². The van der Waals surface area contributed by atoms with Gasteiger partial charge in [-0.15, -0.1) is 0 Å². The van der Waals surface area contributed by atoms with E-state index in [0.29, 0.717) is 9.64 Å². The Morgan fingerprint density at radius 1 is 0.633 bits per heavy atom. The van der Waals surface area contributed by atoms with Gasteiger partial charge in [0.15, 0.2) is 0 Å². The maximum absolute atomic E-state index is 13.2. The molecule has 0 aromatic heterocycles. The van der Waals surface area contributed by atoms with Gasteiger partial charge in [-0.25, -0.2) is 0 Å². The van der Waals surface area contributed by atoms with Crippen LogP contribution in [0.5, 0.6) is 28.7 Å². The summed E-state index contributed by atoms with van der Waals surface area (Å²) < 4.78 is 89.8. The number of hydrogen-bond acceptors (Lipinski definition) is 3. The number of aromatic hydroxyl groups is 1. The second-order valence-electron chi connectivity index (χ2n) is 5.99. The molecule has 0 aliphatic rings. The third-order valence-corrected chi connectivity index (χ3v) is 4.47. The van der Waals surface area contributed by atoms with Gasteiger partial charge in [0.05, 0.1) is 5.56 Å². The van der Waals surface area contributed by atoms with Crippen LogP contribution in [0.3, 0.4) is 0 Å². The fraction of sp³-hybridized carbons (Fsp3) is 0.100. The summed E-state index contributed by atoms with van der Waals surface area (Å²) in [5.74, 6) is -1.48. The van der Waals surface area contributed by atoms with Gasteiger partial charge >= 0.3 is 12.4 Å². The van der Waals surface area contributed by atoms with Gasteiger partial charge in [-0.3, -0.25) is 0 Å². The first-order valence-corrected chi connectivity index (χ1v) is 9.24. The third kappa shape index (κ3) is 5.29. The van der Waals surface area contributed by atoms with Crippen LogP contribution in [-0.2, 0) is 12.4 Å². The van der Waals surface area contributed by atoms with Crippen molar-refractivity contribution in [1.29, 1.82) is 0 Å². The molecule has 158 valence electrons. The van der Waals surface area contributed by atoms with Crippen molar-refractivity contribution in [2.24, 2.45) is 0 Å². The average molecular weight is 540 g/mol. The molecule has 30 heavy (non-hydrogen) atoms. The lowest BCUT2D eigenvalue weighted by Crippen LogP contribution is -2.07. The SMILES string of the molecule is Oc1ccc(Oc2ccc(Oc3ccc(I)cc3C(F)(F)F)cc2)c(C(F)(F)F)c1. The second-order valence-corrected chi connectivity index (χ2v) is 7.24. The standard InChI is InChI=1S/C20H11F6IO3/c21-19(22,23)15-9-11(27)1-7-17(15)29-13-3-5-14(6-4-13)30-18-8-2-12(28)10-16(18)20(24,25)26/h1-10,28H. The summed E-state index contributed by atoms with van der Waals surface area (Å²) in [6.45, 7) is 0. The Hall–Kier alpha value is -2.63. The van der Waals surface area contributed by atoms with Crippen molar-refractivity contribution in [2.75, 3.05) is 0 Å². The number of alkyl halides is 6. The van der Waals surface area contributed by atoms with Crippen LogP contribution in [0.2, 0.25) is 0 Å². The molecule has 3 aromatic carbocycles. The number of halogens is 7. The molecule has 0 radical (unpaired) electrons. The Bertz CT molecular complexity index is 961. The summed E-state index contributed by atoms with van der Waals surface area (Å²) >= 11 is 1.75. The molecule has 0 aliphatic carbocycles. The smallest absolute Gasteiger partial charge is 0.420 e. The van der Waals surface area contributed by atoms with Gasteiger partial charge in [0.25, 0.3) is 0 Å². The van der Waals surface area contributed by atoms with Gasteiger partial charge in [0.1, 0.15) is 34.3 Å². The number of benzene rings is 3. The minimum atomic E-state index is -4.75. The summed E-state index contributed by atoms with van der Waals surface area (Å²) in [4.78, 5) is 0. The van der Waals surface area contributed by atoms with Crippen molar-refractivity contribution in [3.8, 4) is 28.7 Å². The van der Waals surface area contributed by atoms with Crippen molar-refractivity contribution in [3.05, 3.63) is 75.4 Å². The van der Waals surface area contributed by atoms with Crippen molar-refractivity contribution in [3.63, 3.8) is 0 Å². The molecule has 3 rings (SSSR count). The van der Waals surface area contributed by atoms with Crippen LogP contribution in [0.4, 0.5) is 26.3 Å². The highest BCUT2D eigenvalue weighted by molar-refractivity contribution is 14.1. The number of phenols is 1. The zero-order valence-corrected chi connectivity index (χ0v) is 16.8. The predicted octanol–water partition coefficient (Wildman–Crippen LogP) is 7.62. The molecule has 0 saturated carbocycles. The van der Waals surface area contributed by atoms with E-state index < -0.39 is 40.7 Å². The molecule has 10 heteroatoms. The highest BCUT2D eigenvalue weighted by Gasteiger charge is 2.36. The van der Waals surface area contributed by atoms with E-state index in [1.807, 2.05) is 0 Å². The molecule has 0 unspecified atom stereocenters. The molecule has 0 saturated heterocycles. The summed E-state index contributed by atoms with van der Waals surface area (Å²) in [6, 6.07) is 11.1. The number of hydrogen-bond donors (Lipinski definition) is 1. The van der Waals surface area contributed by atoms with Gasteiger partial charge in [0.2, 0.25) is 0 Å². The molecular weight excluding hydrogens is 529 g/mol. The largest absolute Gasteiger partial charge is 0.508 e. The normalized spacial score (nSPS) is 12.0. The molecule has 0 fully saturated rings. The predicted molar refractivity (Wildman–Crippen MR) is 104 cm³/mol. The lowest BCUT2D eigenvalue weighted by molar-refractivity contribution is -0.139. The van der Waals surface area contributed by atoms with E-state index in [-0.39, 0.29) is 11.5 Å². The quantitative estimate of drug-likeness (QED) is 0.274. The van der Waals surface area contributed by atoms with Gasteiger partial charge < -0.3 is 14.6 Å². The van der Waals surface area contributed by atoms with E-state index >= 15 is 0 Å². The van der Waals surface area contributed by atoms with E-state index in [1.165, 1.54) is 36.4 Å². The fourth-order valence-corrected chi connectivity index (χ4v) is 2.96. The molecule has 0 heterocycles. The lowest BCUT2D eigenvalue weighted by atomic mass is 10.2. The zero-order chi connectivity index (χ0) is 22.1. The third-order valence-electron chi connectivity index (χ3n) is 3.79. The summed E-state index contributed by atoms with van der Waals surface area (Å²) in [7, 11) is 0. The lowest BCUT2D eigenvalue weighted by Gasteiger charge is -2.15.